The first kappa shape index (κ1) is 16.1. The third-order valence-corrected chi connectivity index (χ3v) is 5.55. The first-order chi connectivity index (χ1) is 11.6. The molecule has 3 rings (SSSR count). The number of sulfone groups is 1. The van der Waals surface area contributed by atoms with Crippen LogP contribution in [0.1, 0.15) is 17.2 Å². The molecule has 0 bridgehead atoms. The number of rotatable bonds is 5. The summed E-state index contributed by atoms with van der Waals surface area (Å²) in [6, 6.07) is 15.4. The van der Waals surface area contributed by atoms with Gasteiger partial charge in [-0.2, -0.15) is 5.10 Å². The van der Waals surface area contributed by atoms with Crippen LogP contribution < -0.4 is 0 Å². The van der Waals surface area contributed by atoms with Gasteiger partial charge in [-0.3, -0.25) is 9.80 Å². The van der Waals surface area contributed by atoms with E-state index in [9.17, 15) is 13.2 Å². The average Bonchev–Trinajstić information content (AvgIpc) is 2.61. The van der Waals surface area contributed by atoms with Crippen molar-refractivity contribution in [2.24, 2.45) is 5.10 Å². The normalized spacial score (nSPS) is 17.0. The van der Waals surface area contributed by atoms with Crippen LogP contribution >= 0.6 is 0 Å². The standard InChI is InChI=1S/C18H16N2O3S/c21-12-6-11-20-18(17-10-5-4-7-15(17)13-19-20)14-24(22,23)16-8-2-1-3-9-16/h1-13,18H,14H2. The molecule has 6 heteroatoms. The maximum atomic E-state index is 12.8. The van der Waals surface area contributed by atoms with Crippen molar-refractivity contribution in [2.75, 3.05) is 5.75 Å². The topological polar surface area (TPSA) is 66.8 Å². The fraction of sp³-hybridized carbons (Fsp3) is 0.111. The van der Waals surface area contributed by atoms with Crippen LogP contribution in [0, 0.1) is 0 Å². The van der Waals surface area contributed by atoms with Crippen molar-refractivity contribution in [2.45, 2.75) is 10.9 Å². The molecule has 0 aromatic heterocycles. The predicted octanol–water partition coefficient (Wildman–Crippen LogP) is 2.56. The highest BCUT2D eigenvalue weighted by Gasteiger charge is 2.29. The van der Waals surface area contributed by atoms with Gasteiger partial charge in [0.25, 0.3) is 0 Å². The number of nitrogens with zero attached hydrogens (tertiary/aromatic N) is 2. The molecule has 0 N–H and O–H groups in total. The van der Waals surface area contributed by atoms with Gasteiger partial charge >= 0.3 is 0 Å². The minimum atomic E-state index is -3.50. The Morgan fingerprint density at radius 2 is 1.75 bits per heavy atom. The monoisotopic (exact) mass is 340 g/mol. The Kier molecular flexibility index (Phi) is 4.57. The van der Waals surface area contributed by atoms with Gasteiger partial charge in [0.2, 0.25) is 0 Å². The number of hydrogen-bond acceptors (Lipinski definition) is 5. The van der Waals surface area contributed by atoms with E-state index in [-0.39, 0.29) is 10.6 Å². The lowest BCUT2D eigenvalue weighted by molar-refractivity contribution is -0.104. The number of carbonyl (C=O) groups is 1. The van der Waals surface area contributed by atoms with Crippen LogP contribution in [-0.4, -0.2) is 31.7 Å². The first-order valence-corrected chi connectivity index (χ1v) is 9.08. The quantitative estimate of drug-likeness (QED) is 0.620. The molecule has 0 saturated carbocycles. The number of hydrogen-bond donors (Lipinski definition) is 0. The molecule has 0 fully saturated rings. The molecule has 0 spiro atoms. The molecule has 2 aromatic carbocycles. The van der Waals surface area contributed by atoms with Crippen molar-refractivity contribution in [3.05, 3.63) is 78.0 Å². The fourth-order valence-corrected chi connectivity index (χ4v) is 4.16. The minimum absolute atomic E-state index is 0.130. The summed E-state index contributed by atoms with van der Waals surface area (Å²) in [5, 5.41) is 5.78. The van der Waals surface area contributed by atoms with Gasteiger partial charge in [0.15, 0.2) is 9.84 Å². The summed E-state index contributed by atoms with van der Waals surface area (Å²) in [5.74, 6) is -0.130. The van der Waals surface area contributed by atoms with Crippen LogP contribution in [0.2, 0.25) is 0 Å². The minimum Gasteiger partial charge on any atom is -0.299 e. The van der Waals surface area contributed by atoms with Gasteiger partial charge in [-0.15, -0.1) is 0 Å². The van der Waals surface area contributed by atoms with Crippen molar-refractivity contribution in [3.8, 4) is 0 Å². The van der Waals surface area contributed by atoms with Gasteiger partial charge in [-0.25, -0.2) is 8.42 Å². The number of carbonyl (C=O) groups excluding carboxylic acids is 1. The van der Waals surface area contributed by atoms with Gasteiger partial charge in [0.1, 0.15) is 6.29 Å². The van der Waals surface area contributed by atoms with Crippen LogP contribution in [-0.2, 0) is 14.6 Å². The molecule has 5 nitrogen and oxygen atoms in total. The third kappa shape index (κ3) is 3.28. The molecule has 0 saturated heterocycles. The largest absolute Gasteiger partial charge is 0.299 e. The zero-order valence-electron chi connectivity index (χ0n) is 12.8. The van der Waals surface area contributed by atoms with Crippen LogP contribution in [0.5, 0.6) is 0 Å². The maximum Gasteiger partial charge on any atom is 0.180 e. The van der Waals surface area contributed by atoms with E-state index in [1.807, 2.05) is 24.3 Å². The summed E-state index contributed by atoms with van der Waals surface area (Å²) in [5.41, 5.74) is 1.74. The highest BCUT2D eigenvalue weighted by Crippen LogP contribution is 2.30. The summed E-state index contributed by atoms with van der Waals surface area (Å²) in [6.45, 7) is 0. The van der Waals surface area contributed by atoms with Gasteiger partial charge in [-0.1, -0.05) is 42.5 Å². The molecule has 0 aliphatic carbocycles. The van der Waals surface area contributed by atoms with Crippen molar-refractivity contribution in [1.29, 1.82) is 0 Å². The van der Waals surface area contributed by atoms with E-state index in [4.69, 9.17) is 0 Å². The summed E-state index contributed by atoms with van der Waals surface area (Å²) in [4.78, 5) is 10.9. The van der Waals surface area contributed by atoms with E-state index in [0.717, 1.165) is 11.1 Å². The van der Waals surface area contributed by atoms with E-state index in [1.165, 1.54) is 17.3 Å². The lowest BCUT2D eigenvalue weighted by atomic mass is 10.0. The zero-order valence-corrected chi connectivity index (χ0v) is 13.6. The Labute approximate surface area is 140 Å². The first-order valence-electron chi connectivity index (χ1n) is 7.43. The van der Waals surface area contributed by atoms with Crippen LogP contribution in [0.3, 0.4) is 0 Å². The molecule has 24 heavy (non-hydrogen) atoms. The van der Waals surface area contributed by atoms with E-state index in [2.05, 4.69) is 5.10 Å². The van der Waals surface area contributed by atoms with E-state index in [1.54, 1.807) is 36.5 Å². The summed E-state index contributed by atoms with van der Waals surface area (Å²) in [7, 11) is -3.50. The average molecular weight is 340 g/mol. The Hall–Kier alpha value is -2.73. The molecular weight excluding hydrogens is 324 g/mol. The molecular formula is C18H16N2O3S. The van der Waals surface area contributed by atoms with Crippen LogP contribution in [0.25, 0.3) is 0 Å². The highest BCUT2D eigenvalue weighted by atomic mass is 32.2. The Bertz CT molecular complexity index is 889. The summed E-state index contributed by atoms with van der Waals surface area (Å²) in [6.07, 6.45) is 5.09. The molecule has 0 amide bonds. The summed E-state index contributed by atoms with van der Waals surface area (Å²) >= 11 is 0. The number of benzene rings is 2. The number of aldehydes is 1. The highest BCUT2D eigenvalue weighted by molar-refractivity contribution is 7.91. The van der Waals surface area contributed by atoms with Gasteiger partial charge in [0, 0.05) is 6.20 Å². The SMILES string of the molecule is O=CC=CN1N=Cc2ccccc2C1CS(=O)(=O)c1ccccc1. The molecule has 2 aromatic rings. The second-order valence-electron chi connectivity index (χ2n) is 5.34. The molecule has 1 heterocycles. The van der Waals surface area contributed by atoms with E-state index < -0.39 is 15.9 Å². The van der Waals surface area contributed by atoms with E-state index in [0.29, 0.717) is 6.29 Å². The second kappa shape index (κ2) is 6.80. The third-order valence-electron chi connectivity index (χ3n) is 3.80. The Balaban J connectivity index is 2.00. The van der Waals surface area contributed by atoms with Crippen LogP contribution in [0.4, 0.5) is 0 Å². The molecule has 1 atom stereocenters. The van der Waals surface area contributed by atoms with Gasteiger partial charge in [0.05, 0.1) is 22.9 Å². The Morgan fingerprint density at radius 3 is 2.50 bits per heavy atom. The molecule has 1 unspecified atom stereocenters. The Morgan fingerprint density at radius 1 is 1.04 bits per heavy atom. The number of fused-ring (bicyclic) bond motifs is 1. The number of allylic oxidation sites excluding steroid dienone is 1. The van der Waals surface area contributed by atoms with Crippen molar-refractivity contribution >= 4 is 22.3 Å². The maximum absolute atomic E-state index is 12.8. The lowest BCUT2D eigenvalue weighted by Gasteiger charge is -2.30. The number of hydrazone groups is 1. The smallest absolute Gasteiger partial charge is 0.180 e. The van der Waals surface area contributed by atoms with Crippen molar-refractivity contribution in [3.63, 3.8) is 0 Å². The van der Waals surface area contributed by atoms with E-state index >= 15 is 0 Å². The predicted molar refractivity (Wildman–Crippen MR) is 92.3 cm³/mol. The van der Waals surface area contributed by atoms with Crippen molar-refractivity contribution < 1.29 is 13.2 Å². The van der Waals surface area contributed by atoms with Crippen LogP contribution in [0.15, 0.2) is 76.9 Å². The van der Waals surface area contributed by atoms with Gasteiger partial charge in [-0.05, 0) is 29.3 Å². The van der Waals surface area contributed by atoms with Crippen molar-refractivity contribution in [1.82, 2.24) is 5.01 Å². The molecule has 122 valence electrons. The second-order valence-corrected chi connectivity index (χ2v) is 7.38. The summed E-state index contributed by atoms with van der Waals surface area (Å²) < 4.78 is 25.5. The zero-order chi connectivity index (χ0) is 17.0. The fourth-order valence-electron chi connectivity index (χ4n) is 2.65. The molecule has 0 radical (unpaired) electrons. The molecule has 1 aliphatic rings. The molecule has 1 aliphatic heterocycles. The lowest BCUT2D eigenvalue weighted by Crippen LogP contribution is -2.30. The van der Waals surface area contributed by atoms with Gasteiger partial charge < -0.3 is 0 Å².